The van der Waals surface area contributed by atoms with E-state index in [2.05, 4.69) is 35.4 Å². The molecule has 2 heterocycles. The van der Waals surface area contributed by atoms with Crippen molar-refractivity contribution >= 4 is 21.9 Å². The van der Waals surface area contributed by atoms with Gasteiger partial charge in [0.2, 0.25) is 27.9 Å². The van der Waals surface area contributed by atoms with Crippen LogP contribution >= 0.6 is 0 Å². The van der Waals surface area contributed by atoms with Crippen molar-refractivity contribution in [3.8, 4) is 5.95 Å². The summed E-state index contributed by atoms with van der Waals surface area (Å²) in [5, 5.41) is 2.80. The first-order valence-corrected chi connectivity index (χ1v) is 7.55. The van der Waals surface area contributed by atoms with Crippen LogP contribution in [0, 0.1) is 0 Å². The maximum absolute atomic E-state index is 11.3. The molecule has 11 nitrogen and oxygen atoms in total. The normalized spacial score (nSPS) is 11.3. The lowest BCUT2D eigenvalue weighted by Crippen LogP contribution is -2.26. The predicted molar refractivity (Wildman–Crippen MR) is 76.1 cm³/mol. The monoisotopic (exact) mass is 313 g/mol. The number of anilines is 2. The average Bonchev–Trinajstić information content (AvgIpc) is 3.01. The molecule has 0 unspecified atom stereocenters. The largest absolute Gasteiger partial charge is 0.353 e. The smallest absolute Gasteiger partial charge is 0.243 e. The lowest BCUT2D eigenvalue weighted by molar-refractivity contribution is 0.588. The molecule has 21 heavy (non-hydrogen) atoms. The van der Waals surface area contributed by atoms with E-state index in [1.807, 2.05) is 0 Å². The van der Waals surface area contributed by atoms with Gasteiger partial charge in [0, 0.05) is 18.9 Å². The number of imidazole rings is 1. The van der Waals surface area contributed by atoms with Crippen LogP contribution in [0.1, 0.15) is 0 Å². The summed E-state index contributed by atoms with van der Waals surface area (Å²) in [4.78, 5) is 16.1. The van der Waals surface area contributed by atoms with Gasteiger partial charge in [-0.05, 0) is 7.05 Å². The molecule has 0 atom stereocenters. The second kappa shape index (κ2) is 6.43. The van der Waals surface area contributed by atoms with Crippen molar-refractivity contribution in [1.82, 2.24) is 29.2 Å². The second-order valence-corrected chi connectivity index (χ2v) is 5.89. The molecule has 114 valence electrons. The molecule has 0 fully saturated rings. The number of sulfonamides is 1. The van der Waals surface area contributed by atoms with Gasteiger partial charge in [-0.15, -0.1) is 0 Å². The topological polar surface area (TPSA) is 153 Å². The van der Waals surface area contributed by atoms with Gasteiger partial charge in [0.05, 0.1) is 5.75 Å². The number of nitrogens with one attached hydrogen (secondary N) is 3. The molecule has 0 saturated carbocycles. The first kappa shape index (κ1) is 15.1. The summed E-state index contributed by atoms with van der Waals surface area (Å²) >= 11 is 0. The molecule has 12 heteroatoms. The third kappa shape index (κ3) is 4.08. The first-order chi connectivity index (χ1) is 10.0. The van der Waals surface area contributed by atoms with E-state index in [-0.39, 0.29) is 24.2 Å². The molecule has 0 aliphatic rings. The van der Waals surface area contributed by atoms with Crippen molar-refractivity contribution in [3.05, 3.63) is 18.7 Å². The van der Waals surface area contributed by atoms with Crippen molar-refractivity contribution in [1.29, 1.82) is 0 Å². The third-order valence-electron chi connectivity index (χ3n) is 2.45. The van der Waals surface area contributed by atoms with E-state index in [4.69, 9.17) is 5.84 Å². The molecule has 0 amide bonds. The molecule has 0 aliphatic carbocycles. The number of nitrogens with two attached hydrogens (primary N) is 1. The summed E-state index contributed by atoms with van der Waals surface area (Å²) in [6, 6.07) is 0. The Bertz CT molecular complexity index is 685. The molecule has 0 bridgehead atoms. The molecule has 0 spiro atoms. The molecule has 2 aromatic heterocycles. The fourth-order valence-corrected chi connectivity index (χ4v) is 1.98. The van der Waals surface area contributed by atoms with Crippen molar-refractivity contribution in [2.24, 2.45) is 5.84 Å². The molecule has 0 aliphatic heterocycles. The van der Waals surface area contributed by atoms with Crippen LogP contribution in [0.25, 0.3) is 5.95 Å². The number of hydrogen-bond acceptors (Lipinski definition) is 9. The Morgan fingerprint density at radius 1 is 1.29 bits per heavy atom. The van der Waals surface area contributed by atoms with Crippen LogP contribution in [0.2, 0.25) is 0 Å². The highest BCUT2D eigenvalue weighted by atomic mass is 32.2. The van der Waals surface area contributed by atoms with E-state index in [0.717, 1.165) is 0 Å². The Balaban J connectivity index is 2.14. The Labute approximate surface area is 121 Å². The van der Waals surface area contributed by atoms with Crippen molar-refractivity contribution in [2.75, 3.05) is 30.1 Å². The Kier molecular flexibility index (Phi) is 4.62. The van der Waals surface area contributed by atoms with Crippen LogP contribution in [0.15, 0.2) is 18.7 Å². The summed E-state index contributed by atoms with van der Waals surface area (Å²) in [6.45, 7) is 0.139. The first-order valence-electron chi connectivity index (χ1n) is 5.90. The highest BCUT2D eigenvalue weighted by Crippen LogP contribution is 2.08. The highest BCUT2D eigenvalue weighted by Gasteiger charge is 2.09. The van der Waals surface area contributed by atoms with E-state index < -0.39 is 10.0 Å². The SMILES string of the molecule is CNS(=O)(=O)CCNc1nc(NN)nc(-n2ccnc2)n1. The maximum atomic E-state index is 11.3. The molecule has 0 aromatic carbocycles. The minimum absolute atomic E-state index is 0.110. The number of nitrogen functional groups attached to an aromatic ring is 1. The van der Waals surface area contributed by atoms with Gasteiger partial charge >= 0.3 is 0 Å². The Morgan fingerprint density at radius 3 is 2.67 bits per heavy atom. The number of rotatable bonds is 7. The predicted octanol–water partition coefficient (Wildman–Crippen LogP) is -1.70. The number of aromatic nitrogens is 5. The zero-order valence-corrected chi connectivity index (χ0v) is 12.0. The minimum Gasteiger partial charge on any atom is -0.353 e. The Hall–Kier alpha value is -2.31. The fourth-order valence-electron chi connectivity index (χ4n) is 1.40. The maximum Gasteiger partial charge on any atom is 0.243 e. The number of nitrogens with zero attached hydrogens (tertiary/aromatic N) is 5. The molecule has 5 N–H and O–H groups in total. The quantitative estimate of drug-likeness (QED) is 0.346. The number of hydrogen-bond donors (Lipinski definition) is 4. The zero-order valence-electron chi connectivity index (χ0n) is 11.2. The molecular formula is C9H15N9O2S. The van der Waals surface area contributed by atoms with Crippen LogP contribution < -0.4 is 21.3 Å². The molecule has 0 saturated heterocycles. The summed E-state index contributed by atoms with van der Waals surface area (Å²) in [5.74, 6) is 5.84. The third-order valence-corrected chi connectivity index (χ3v) is 3.82. The second-order valence-electron chi connectivity index (χ2n) is 3.85. The van der Waals surface area contributed by atoms with Gasteiger partial charge < -0.3 is 5.32 Å². The minimum atomic E-state index is -3.30. The summed E-state index contributed by atoms with van der Waals surface area (Å²) in [6.07, 6.45) is 4.75. The lowest BCUT2D eigenvalue weighted by Gasteiger charge is -2.08. The fraction of sp³-hybridized carbons (Fsp3) is 0.333. The average molecular weight is 313 g/mol. The number of hydrazine groups is 1. The highest BCUT2D eigenvalue weighted by molar-refractivity contribution is 7.89. The van der Waals surface area contributed by atoms with Crippen LogP contribution in [-0.2, 0) is 10.0 Å². The molecule has 2 aromatic rings. The van der Waals surface area contributed by atoms with E-state index >= 15 is 0 Å². The standard InChI is InChI=1S/C9H15N9O2S/c1-11-21(19,20)5-3-13-7-14-8(17-10)16-9(15-7)18-4-2-12-6-18/h2,4,6,11H,3,5,10H2,1H3,(H2,13,14,15,16,17). The molecular weight excluding hydrogens is 298 g/mol. The van der Waals surface area contributed by atoms with E-state index in [1.165, 1.54) is 13.4 Å². The van der Waals surface area contributed by atoms with Gasteiger partial charge in [0.15, 0.2) is 0 Å². The van der Waals surface area contributed by atoms with E-state index in [0.29, 0.717) is 5.95 Å². The van der Waals surface area contributed by atoms with Crippen molar-refractivity contribution in [2.45, 2.75) is 0 Å². The lowest BCUT2D eigenvalue weighted by atomic mass is 10.7. The van der Waals surface area contributed by atoms with Gasteiger partial charge in [-0.3, -0.25) is 9.99 Å². The van der Waals surface area contributed by atoms with Crippen molar-refractivity contribution in [3.63, 3.8) is 0 Å². The van der Waals surface area contributed by atoms with Gasteiger partial charge in [0.25, 0.3) is 0 Å². The van der Waals surface area contributed by atoms with E-state index in [1.54, 1.807) is 17.0 Å². The van der Waals surface area contributed by atoms with Gasteiger partial charge in [-0.1, -0.05) is 0 Å². The van der Waals surface area contributed by atoms with Gasteiger partial charge in [-0.2, -0.15) is 15.0 Å². The Morgan fingerprint density at radius 2 is 2.05 bits per heavy atom. The van der Waals surface area contributed by atoms with Crippen LogP contribution in [0.3, 0.4) is 0 Å². The van der Waals surface area contributed by atoms with Crippen LogP contribution in [0.4, 0.5) is 11.9 Å². The summed E-state index contributed by atoms with van der Waals surface area (Å²) in [5.41, 5.74) is 2.32. The molecule has 0 radical (unpaired) electrons. The van der Waals surface area contributed by atoms with Crippen LogP contribution in [0.5, 0.6) is 0 Å². The zero-order chi connectivity index (χ0) is 15.3. The molecule has 2 rings (SSSR count). The summed E-state index contributed by atoms with van der Waals surface area (Å²) in [7, 11) is -1.94. The van der Waals surface area contributed by atoms with Crippen molar-refractivity contribution < 1.29 is 8.42 Å². The van der Waals surface area contributed by atoms with Crippen LogP contribution in [-0.4, -0.2) is 52.3 Å². The summed E-state index contributed by atoms with van der Waals surface area (Å²) < 4.78 is 26.4. The van der Waals surface area contributed by atoms with Gasteiger partial charge in [0.1, 0.15) is 6.33 Å². The van der Waals surface area contributed by atoms with E-state index in [9.17, 15) is 8.42 Å². The van der Waals surface area contributed by atoms with Gasteiger partial charge in [-0.25, -0.2) is 24.0 Å².